The predicted molar refractivity (Wildman–Crippen MR) is 180 cm³/mol. The lowest BCUT2D eigenvalue weighted by Crippen LogP contribution is -2.10. The van der Waals surface area contributed by atoms with Gasteiger partial charge in [0.2, 0.25) is 0 Å². The number of ether oxygens (including phenoxy) is 4. The van der Waals surface area contributed by atoms with Gasteiger partial charge in [-0.05, 0) is 105 Å². The van der Waals surface area contributed by atoms with E-state index < -0.39 is 9.84 Å². The third kappa shape index (κ3) is 12.7. The van der Waals surface area contributed by atoms with Gasteiger partial charge in [0.25, 0.3) is 0 Å². The molecule has 8 nitrogen and oxygen atoms in total. The topological polar surface area (TPSA) is 105 Å². The van der Waals surface area contributed by atoms with E-state index in [9.17, 15) is 22.4 Å². The molecule has 0 heterocycles. The largest absolute Gasteiger partial charge is 0.494 e. The molecule has 0 bridgehead atoms. The Labute approximate surface area is 278 Å². The van der Waals surface area contributed by atoms with E-state index in [1.165, 1.54) is 12.1 Å². The van der Waals surface area contributed by atoms with Gasteiger partial charge >= 0.3 is 11.9 Å². The molecule has 0 spiro atoms. The average molecular weight is 671 g/mol. The number of carbonyl (C=O) groups excluding carboxylic acids is 2. The molecule has 0 atom stereocenters. The highest BCUT2D eigenvalue weighted by molar-refractivity contribution is 7.91. The zero-order valence-electron chi connectivity index (χ0n) is 27.7. The SMILES string of the molecule is CCOC(=O)CCCOc1cccc(CCCCCCOc2cc(-c3ccc(F)cc3)cc(S(=O)(=O)CC)c2)c1CCC(=O)OCC. The molecular formula is C37H47FO8S. The Morgan fingerprint density at radius 3 is 2.09 bits per heavy atom. The Balaban J connectivity index is 1.55. The number of rotatable bonds is 21. The normalized spacial score (nSPS) is 11.2. The number of hydrogen-bond donors (Lipinski definition) is 0. The van der Waals surface area contributed by atoms with Crippen LogP contribution in [0, 0.1) is 5.82 Å². The third-order valence-corrected chi connectivity index (χ3v) is 9.32. The molecule has 0 aliphatic carbocycles. The zero-order valence-corrected chi connectivity index (χ0v) is 28.5. The summed E-state index contributed by atoms with van der Waals surface area (Å²) in [5.41, 5.74) is 3.46. The summed E-state index contributed by atoms with van der Waals surface area (Å²) in [6.07, 6.45) is 5.98. The highest BCUT2D eigenvalue weighted by atomic mass is 32.2. The lowest BCUT2D eigenvalue weighted by Gasteiger charge is -2.16. The summed E-state index contributed by atoms with van der Waals surface area (Å²) < 4.78 is 60.9. The zero-order chi connectivity index (χ0) is 34.1. The number of esters is 2. The molecule has 0 saturated heterocycles. The minimum Gasteiger partial charge on any atom is -0.494 e. The van der Waals surface area contributed by atoms with Gasteiger partial charge in [-0.25, -0.2) is 12.8 Å². The fourth-order valence-electron chi connectivity index (χ4n) is 5.13. The second-order valence-corrected chi connectivity index (χ2v) is 13.4. The van der Waals surface area contributed by atoms with Gasteiger partial charge in [0.1, 0.15) is 17.3 Å². The summed E-state index contributed by atoms with van der Waals surface area (Å²) in [4.78, 5) is 24.0. The first-order valence-corrected chi connectivity index (χ1v) is 18.1. The molecule has 3 rings (SSSR count). The van der Waals surface area contributed by atoms with E-state index in [-0.39, 0.29) is 41.2 Å². The third-order valence-electron chi connectivity index (χ3n) is 7.61. The van der Waals surface area contributed by atoms with Gasteiger partial charge in [-0.15, -0.1) is 0 Å². The molecule has 256 valence electrons. The highest BCUT2D eigenvalue weighted by Crippen LogP contribution is 2.30. The molecule has 0 aromatic heterocycles. The molecular weight excluding hydrogens is 623 g/mol. The molecule has 0 N–H and O–H groups in total. The maximum atomic E-state index is 13.5. The van der Waals surface area contributed by atoms with Crippen molar-refractivity contribution in [2.75, 3.05) is 32.2 Å². The standard InChI is InChI=1S/C37H47FO8S/c1-4-43-36(39)16-12-24-46-35-15-11-14-29(34(35)21-22-37(40)44-5-2)13-9-7-8-10-23-45-32-25-30(28-17-19-31(38)20-18-28)26-33(27-32)47(41,42)6-3/h11,14-15,17-20,25-27H,4-10,12-13,16,21-24H2,1-3H3. The van der Waals surface area contributed by atoms with Gasteiger partial charge in [0.15, 0.2) is 9.84 Å². The first-order valence-electron chi connectivity index (χ1n) is 16.5. The van der Waals surface area contributed by atoms with Crippen LogP contribution in [0.1, 0.15) is 76.8 Å². The van der Waals surface area contributed by atoms with Crippen molar-refractivity contribution in [2.24, 2.45) is 0 Å². The molecule has 0 radical (unpaired) electrons. The number of carbonyl (C=O) groups is 2. The highest BCUT2D eigenvalue weighted by Gasteiger charge is 2.16. The Morgan fingerprint density at radius 1 is 0.702 bits per heavy atom. The molecule has 0 amide bonds. The van der Waals surface area contributed by atoms with E-state index in [1.807, 2.05) is 12.1 Å². The van der Waals surface area contributed by atoms with Crippen molar-refractivity contribution in [3.63, 3.8) is 0 Å². The van der Waals surface area contributed by atoms with Crippen LogP contribution in [0.3, 0.4) is 0 Å². The Kier molecular flexibility index (Phi) is 15.7. The molecule has 0 fully saturated rings. The molecule has 0 aliphatic heterocycles. The van der Waals surface area contributed by atoms with Crippen molar-refractivity contribution >= 4 is 21.8 Å². The van der Waals surface area contributed by atoms with E-state index in [0.717, 1.165) is 49.0 Å². The van der Waals surface area contributed by atoms with Gasteiger partial charge in [-0.2, -0.15) is 0 Å². The van der Waals surface area contributed by atoms with Crippen molar-refractivity contribution in [3.8, 4) is 22.6 Å². The fourth-order valence-corrected chi connectivity index (χ4v) is 6.06. The number of aryl methyl sites for hydroxylation is 1. The smallest absolute Gasteiger partial charge is 0.306 e. The summed E-state index contributed by atoms with van der Waals surface area (Å²) in [5, 5.41) is 0. The fraction of sp³-hybridized carbons (Fsp3) is 0.459. The van der Waals surface area contributed by atoms with E-state index in [0.29, 0.717) is 56.1 Å². The van der Waals surface area contributed by atoms with Crippen LogP contribution in [0.25, 0.3) is 11.1 Å². The quantitative estimate of drug-likeness (QED) is 0.0840. The Hall–Kier alpha value is -3.92. The maximum absolute atomic E-state index is 13.5. The van der Waals surface area contributed by atoms with Gasteiger partial charge < -0.3 is 18.9 Å². The molecule has 0 saturated carbocycles. The number of hydrogen-bond acceptors (Lipinski definition) is 8. The van der Waals surface area contributed by atoms with Crippen LogP contribution in [0.2, 0.25) is 0 Å². The summed E-state index contributed by atoms with van der Waals surface area (Å²) >= 11 is 0. The molecule has 10 heteroatoms. The van der Waals surface area contributed by atoms with Gasteiger partial charge in [-0.3, -0.25) is 9.59 Å². The van der Waals surface area contributed by atoms with Crippen LogP contribution in [0.5, 0.6) is 11.5 Å². The van der Waals surface area contributed by atoms with Gasteiger partial charge in [0, 0.05) is 12.8 Å². The maximum Gasteiger partial charge on any atom is 0.306 e. The van der Waals surface area contributed by atoms with Crippen molar-refractivity contribution in [2.45, 2.75) is 83.5 Å². The van der Waals surface area contributed by atoms with Crippen molar-refractivity contribution in [1.29, 1.82) is 0 Å². The van der Waals surface area contributed by atoms with Crippen molar-refractivity contribution in [1.82, 2.24) is 0 Å². The van der Waals surface area contributed by atoms with Gasteiger partial charge in [-0.1, -0.05) is 44.0 Å². The monoisotopic (exact) mass is 670 g/mol. The molecule has 3 aromatic rings. The Morgan fingerprint density at radius 2 is 1.38 bits per heavy atom. The van der Waals surface area contributed by atoms with Crippen molar-refractivity contribution < 1.29 is 41.3 Å². The summed E-state index contributed by atoms with van der Waals surface area (Å²) in [7, 11) is -3.47. The number of halogens is 1. The molecule has 0 aliphatic rings. The second kappa shape index (κ2) is 19.7. The summed E-state index contributed by atoms with van der Waals surface area (Å²) in [6, 6.07) is 16.8. The van der Waals surface area contributed by atoms with E-state index in [1.54, 1.807) is 51.1 Å². The van der Waals surface area contributed by atoms with Crippen LogP contribution in [-0.2, 0) is 41.7 Å². The minimum absolute atomic E-state index is 0.0334. The molecule has 47 heavy (non-hydrogen) atoms. The number of sulfone groups is 1. The summed E-state index contributed by atoms with van der Waals surface area (Å²) in [5.74, 6) is 0.289. The average Bonchev–Trinajstić information content (AvgIpc) is 3.06. The van der Waals surface area contributed by atoms with Gasteiger partial charge in [0.05, 0.1) is 37.1 Å². The van der Waals surface area contributed by atoms with E-state index in [4.69, 9.17) is 18.9 Å². The Bertz CT molecular complexity index is 1540. The first kappa shape index (κ1) is 37.5. The number of unbranched alkanes of at least 4 members (excludes halogenated alkanes) is 3. The van der Waals surface area contributed by atoms with Crippen LogP contribution >= 0.6 is 0 Å². The van der Waals surface area contributed by atoms with E-state index >= 15 is 0 Å². The van der Waals surface area contributed by atoms with Crippen LogP contribution in [0.4, 0.5) is 4.39 Å². The first-order chi connectivity index (χ1) is 22.7. The van der Waals surface area contributed by atoms with Crippen LogP contribution < -0.4 is 9.47 Å². The second-order valence-electron chi connectivity index (χ2n) is 11.1. The van der Waals surface area contributed by atoms with E-state index in [2.05, 4.69) is 6.07 Å². The lowest BCUT2D eigenvalue weighted by molar-refractivity contribution is -0.144. The van der Waals surface area contributed by atoms with Crippen molar-refractivity contribution in [3.05, 3.63) is 77.6 Å². The predicted octanol–water partition coefficient (Wildman–Crippen LogP) is 7.69. The summed E-state index contributed by atoms with van der Waals surface area (Å²) in [6.45, 7) is 6.65. The van der Waals surface area contributed by atoms with Crippen LogP contribution in [-0.4, -0.2) is 52.5 Å². The minimum atomic E-state index is -3.47. The lowest BCUT2D eigenvalue weighted by atomic mass is 9.96. The molecule has 3 aromatic carbocycles. The van der Waals surface area contributed by atoms with Crippen LogP contribution in [0.15, 0.2) is 65.6 Å². The molecule has 0 unspecified atom stereocenters. The number of benzene rings is 3.